The van der Waals surface area contributed by atoms with Gasteiger partial charge >= 0.3 is 0 Å². The molecule has 0 aromatic heterocycles. The summed E-state index contributed by atoms with van der Waals surface area (Å²) in [5.41, 5.74) is 1.44. The zero-order chi connectivity index (χ0) is 13.9. The molecular weight excluding hydrogens is 244 g/mol. The maximum absolute atomic E-state index is 3.87. The van der Waals surface area contributed by atoms with Gasteiger partial charge in [0.15, 0.2) is 0 Å². The highest BCUT2D eigenvalue weighted by atomic mass is 15.2. The van der Waals surface area contributed by atoms with Crippen LogP contribution in [0.25, 0.3) is 0 Å². The number of nitrogens with zero attached hydrogens (tertiary/aromatic N) is 1. The van der Waals surface area contributed by atoms with Crippen LogP contribution in [0.5, 0.6) is 0 Å². The summed E-state index contributed by atoms with van der Waals surface area (Å²) in [5.74, 6) is 1.83. The normalized spacial score (nSPS) is 30.6. The van der Waals surface area contributed by atoms with Gasteiger partial charge in [-0.25, -0.2) is 0 Å². The van der Waals surface area contributed by atoms with Crippen molar-refractivity contribution in [3.05, 3.63) is 35.9 Å². The van der Waals surface area contributed by atoms with Crippen LogP contribution in [0.4, 0.5) is 0 Å². The molecule has 3 rings (SSSR count). The van der Waals surface area contributed by atoms with Gasteiger partial charge in [-0.2, -0.15) is 0 Å². The summed E-state index contributed by atoms with van der Waals surface area (Å²) in [6.45, 7) is 8.29. The van der Waals surface area contributed by atoms with Crippen molar-refractivity contribution in [2.24, 2.45) is 11.8 Å². The summed E-state index contributed by atoms with van der Waals surface area (Å²) < 4.78 is 0. The Morgan fingerprint density at radius 1 is 1.15 bits per heavy atom. The van der Waals surface area contributed by atoms with Crippen LogP contribution in [0.2, 0.25) is 0 Å². The quantitative estimate of drug-likeness (QED) is 0.885. The number of benzene rings is 1. The Bertz CT molecular complexity index is 409. The fourth-order valence-corrected chi connectivity index (χ4v) is 3.63. The fraction of sp³-hybridized carbons (Fsp3) is 0.667. The largest absolute Gasteiger partial charge is 0.310 e. The molecule has 1 aromatic carbocycles. The van der Waals surface area contributed by atoms with Crippen LogP contribution in [-0.4, -0.2) is 30.1 Å². The van der Waals surface area contributed by atoms with Crippen molar-refractivity contribution in [1.29, 1.82) is 0 Å². The van der Waals surface area contributed by atoms with Crippen LogP contribution >= 0.6 is 0 Å². The number of hydrogen-bond acceptors (Lipinski definition) is 2. The minimum atomic E-state index is 0.719. The molecule has 1 aliphatic heterocycles. The molecule has 110 valence electrons. The van der Waals surface area contributed by atoms with Crippen LogP contribution in [0.1, 0.15) is 38.7 Å². The highest BCUT2D eigenvalue weighted by Gasteiger charge is 2.33. The SMILES string of the molecule is CC(C)C1CC(NC2CCN(Cc3ccccc3)C2)C1. The van der Waals surface area contributed by atoms with Crippen LogP contribution in [0, 0.1) is 11.8 Å². The van der Waals surface area contributed by atoms with Crippen molar-refractivity contribution in [3.8, 4) is 0 Å². The first-order chi connectivity index (χ1) is 9.70. The van der Waals surface area contributed by atoms with E-state index in [1.807, 2.05) is 0 Å². The van der Waals surface area contributed by atoms with E-state index in [2.05, 4.69) is 54.4 Å². The average Bonchev–Trinajstić information content (AvgIpc) is 2.81. The van der Waals surface area contributed by atoms with E-state index in [1.165, 1.54) is 37.9 Å². The second-order valence-corrected chi connectivity index (χ2v) is 7.05. The zero-order valence-electron chi connectivity index (χ0n) is 12.9. The van der Waals surface area contributed by atoms with Crippen LogP contribution in [0.15, 0.2) is 30.3 Å². The van der Waals surface area contributed by atoms with Gasteiger partial charge in [0.2, 0.25) is 0 Å². The second kappa shape index (κ2) is 6.28. The van der Waals surface area contributed by atoms with Gasteiger partial charge in [0, 0.05) is 31.7 Å². The molecule has 1 N–H and O–H groups in total. The highest BCUT2D eigenvalue weighted by molar-refractivity contribution is 5.14. The van der Waals surface area contributed by atoms with E-state index in [4.69, 9.17) is 0 Å². The van der Waals surface area contributed by atoms with Gasteiger partial charge in [-0.1, -0.05) is 44.2 Å². The van der Waals surface area contributed by atoms with Crippen LogP contribution < -0.4 is 5.32 Å². The van der Waals surface area contributed by atoms with Crippen LogP contribution in [-0.2, 0) is 6.54 Å². The molecule has 2 fully saturated rings. The fourth-order valence-electron chi connectivity index (χ4n) is 3.63. The Kier molecular flexibility index (Phi) is 4.42. The summed E-state index contributed by atoms with van der Waals surface area (Å²) in [6, 6.07) is 12.4. The van der Waals surface area contributed by atoms with E-state index in [0.29, 0.717) is 0 Å². The third-order valence-electron chi connectivity index (χ3n) is 5.11. The van der Waals surface area contributed by atoms with Gasteiger partial charge in [0.25, 0.3) is 0 Å². The third kappa shape index (κ3) is 3.42. The molecule has 1 aliphatic carbocycles. The van der Waals surface area contributed by atoms with E-state index in [0.717, 1.165) is 30.5 Å². The van der Waals surface area contributed by atoms with Gasteiger partial charge in [-0.15, -0.1) is 0 Å². The lowest BCUT2D eigenvalue weighted by Crippen LogP contribution is -2.48. The molecule has 1 aromatic rings. The van der Waals surface area contributed by atoms with E-state index in [1.54, 1.807) is 0 Å². The van der Waals surface area contributed by atoms with E-state index >= 15 is 0 Å². The van der Waals surface area contributed by atoms with Gasteiger partial charge < -0.3 is 5.32 Å². The van der Waals surface area contributed by atoms with Crippen LogP contribution in [0.3, 0.4) is 0 Å². The Balaban J connectivity index is 1.40. The summed E-state index contributed by atoms with van der Waals surface area (Å²) in [6.07, 6.45) is 4.11. The first kappa shape index (κ1) is 14.1. The summed E-state index contributed by atoms with van der Waals surface area (Å²) in [7, 11) is 0. The Labute approximate surface area is 123 Å². The lowest BCUT2D eigenvalue weighted by molar-refractivity contribution is 0.156. The number of nitrogens with one attached hydrogen (secondary N) is 1. The average molecular weight is 272 g/mol. The molecule has 2 nitrogen and oxygen atoms in total. The predicted octanol–water partition coefficient (Wildman–Crippen LogP) is 3.29. The molecule has 0 spiro atoms. The molecule has 20 heavy (non-hydrogen) atoms. The minimum absolute atomic E-state index is 0.719. The van der Waals surface area contributed by atoms with E-state index in [-0.39, 0.29) is 0 Å². The third-order valence-corrected chi connectivity index (χ3v) is 5.11. The summed E-state index contributed by atoms with van der Waals surface area (Å²) >= 11 is 0. The molecule has 1 saturated carbocycles. The molecule has 1 saturated heterocycles. The number of rotatable bonds is 5. The van der Waals surface area contributed by atoms with Gasteiger partial charge in [0.05, 0.1) is 0 Å². The molecule has 1 atom stereocenters. The Morgan fingerprint density at radius 3 is 2.60 bits per heavy atom. The van der Waals surface area contributed by atoms with E-state index in [9.17, 15) is 0 Å². The summed E-state index contributed by atoms with van der Waals surface area (Å²) in [4.78, 5) is 2.59. The maximum Gasteiger partial charge on any atom is 0.0234 e. The lowest BCUT2D eigenvalue weighted by Gasteiger charge is -2.40. The standard InChI is InChI=1S/C18H28N2/c1-14(2)16-10-18(11-16)19-17-8-9-20(13-17)12-15-6-4-3-5-7-15/h3-7,14,16-19H,8-13H2,1-2H3. The molecule has 1 heterocycles. The molecular formula is C18H28N2. The van der Waals surface area contributed by atoms with Crippen molar-refractivity contribution in [2.45, 2.75) is 51.7 Å². The van der Waals surface area contributed by atoms with Crippen molar-refractivity contribution in [3.63, 3.8) is 0 Å². The molecule has 2 aliphatic rings. The first-order valence-electron chi connectivity index (χ1n) is 8.23. The van der Waals surface area contributed by atoms with Crippen molar-refractivity contribution in [1.82, 2.24) is 10.2 Å². The Morgan fingerprint density at radius 2 is 1.90 bits per heavy atom. The molecule has 1 unspecified atom stereocenters. The van der Waals surface area contributed by atoms with Crippen molar-refractivity contribution < 1.29 is 0 Å². The second-order valence-electron chi connectivity index (χ2n) is 7.05. The maximum atomic E-state index is 3.87. The smallest absolute Gasteiger partial charge is 0.0234 e. The molecule has 0 bridgehead atoms. The van der Waals surface area contributed by atoms with E-state index < -0.39 is 0 Å². The number of likely N-dealkylation sites (tertiary alicyclic amines) is 1. The van der Waals surface area contributed by atoms with Gasteiger partial charge in [-0.3, -0.25) is 4.90 Å². The first-order valence-corrected chi connectivity index (χ1v) is 8.23. The number of hydrogen-bond donors (Lipinski definition) is 1. The minimum Gasteiger partial charge on any atom is -0.310 e. The highest BCUT2D eigenvalue weighted by Crippen LogP contribution is 2.34. The molecule has 0 radical (unpaired) electrons. The van der Waals surface area contributed by atoms with Crippen molar-refractivity contribution in [2.75, 3.05) is 13.1 Å². The predicted molar refractivity (Wildman–Crippen MR) is 84.6 cm³/mol. The lowest BCUT2D eigenvalue weighted by atomic mass is 9.73. The van der Waals surface area contributed by atoms with Crippen molar-refractivity contribution >= 4 is 0 Å². The summed E-state index contributed by atoms with van der Waals surface area (Å²) in [5, 5.41) is 3.87. The molecule has 2 heteroatoms. The topological polar surface area (TPSA) is 15.3 Å². The zero-order valence-corrected chi connectivity index (χ0v) is 12.9. The molecule has 0 amide bonds. The van der Waals surface area contributed by atoms with Gasteiger partial charge in [0.1, 0.15) is 0 Å². The monoisotopic (exact) mass is 272 g/mol. The Hall–Kier alpha value is -0.860. The van der Waals surface area contributed by atoms with Gasteiger partial charge in [-0.05, 0) is 36.7 Å².